The molecule has 2 aromatic rings. The molecular formula is C19H20N2O4. The first-order valence-electron chi connectivity index (χ1n) is 8.03. The minimum absolute atomic E-state index is 0.0646. The Balaban J connectivity index is 2.59. The van der Waals surface area contributed by atoms with Gasteiger partial charge in [0.2, 0.25) is 11.7 Å². The van der Waals surface area contributed by atoms with Crippen LogP contribution in [0.2, 0.25) is 0 Å². The number of para-hydroxylation sites is 1. The van der Waals surface area contributed by atoms with E-state index >= 15 is 0 Å². The van der Waals surface area contributed by atoms with Crippen LogP contribution in [0.25, 0.3) is 0 Å². The van der Waals surface area contributed by atoms with E-state index in [4.69, 9.17) is 4.74 Å². The van der Waals surface area contributed by atoms with Crippen LogP contribution in [0.15, 0.2) is 29.1 Å². The van der Waals surface area contributed by atoms with E-state index in [0.717, 1.165) is 17.4 Å². The molecule has 6 heteroatoms. The maximum Gasteiger partial charge on any atom is 0.271 e. The van der Waals surface area contributed by atoms with E-state index in [1.165, 1.54) is 14.0 Å². The van der Waals surface area contributed by atoms with Crippen molar-refractivity contribution in [3.63, 3.8) is 0 Å². The van der Waals surface area contributed by atoms with Crippen molar-refractivity contribution in [1.82, 2.24) is 4.57 Å². The van der Waals surface area contributed by atoms with Crippen molar-refractivity contribution in [3.8, 4) is 17.7 Å². The molecule has 2 rings (SSSR count). The topological polar surface area (TPSA) is 92.3 Å². The number of nitriles is 1. The van der Waals surface area contributed by atoms with E-state index in [1.54, 1.807) is 30.3 Å². The molecule has 0 aliphatic carbocycles. The fourth-order valence-corrected chi connectivity index (χ4v) is 2.53. The van der Waals surface area contributed by atoms with Crippen LogP contribution in [0.1, 0.15) is 46.8 Å². The summed E-state index contributed by atoms with van der Waals surface area (Å²) in [6.07, 6.45) is 1.81. The summed E-state index contributed by atoms with van der Waals surface area (Å²) in [5.41, 5.74) is -0.421. The van der Waals surface area contributed by atoms with E-state index in [0.29, 0.717) is 12.4 Å². The van der Waals surface area contributed by atoms with Crippen molar-refractivity contribution >= 4 is 5.78 Å². The van der Waals surface area contributed by atoms with Crippen LogP contribution < -0.4 is 10.3 Å². The summed E-state index contributed by atoms with van der Waals surface area (Å²) in [6, 6.07) is 8.54. The second kappa shape index (κ2) is 7.67. The van der Waals surface area contributed by atoms with Gasteiger partial charge >= 0.3 is 0 Å². The Morgan fingerprint density at radius 3 is 2.68 bits per heavy atom. The van der Waals surface area contributed by atoms with Crippen molar-refractivity contribution in [1.29, 1.82) is 5.26 Å². The standard InChI is InChI=1S/C19H20N2O4/c1-4-5-10-25-15-9-7-6-8-13(15)17(22)16-12(2)14(11-20)18(23)21(3)19(16)24/h6-9,24H,4-5,10H2,1-3H3. The Kier molecular flexibility index (Phi) is 5.60. The smallest absolute Gasteiger partial charge is 0.271 e. The fraction of sp³-hybridized carbons (Fsp3) is 0.316. The molecule has 0 unspecified atom stereocenters. The molecule has 0 radical (unpaired) electrons. The molecule has 0 amide bonds. The fourth-order valence-electron chi connectivity index (χ4n) is 2.53. The number of nitrogens with zero attached hydrogens (tertiary/aromatic N) is 2. The summed E-state index contributed by atoms with van der Waals surface area (Å²) in [5.74, 6) is -0.545. The lowest BCUT2D eigenvalue weighted by Gasteiger charge is -2.14. The number of carbonyl (C=O) groups is 1. The highest BCUT2D eigenvalue weighted by Crippen LogP contribution is 2.28. The van der Waals surface area contributed by atoms with E-state index in [-0.39, 0.29) is 22.3 Å². The second-order valence-corrected chi connectivity index (χ2v) is 5.70. The monoisotopic (exact) mass is 340 g/mol. The molecule has 1 aromatic carbocycles. The lowest BCUT2D eigenvalue weighted by atomic mass is 9.97. The molecule has 0 atom stereocenters. The highest BCUT2D eigenvalue weighted by molar-refractivity contribution is 6.13. The Morgan fingerprint density at radius 2 is 2.04 bits per heavy atom. The maximum absolute atomic E-state index is 13.0. The van der Waals surface area contributed by atoms with Gasteiger partial charge in [-0.3, -0.25) is 14.2 Å². The van der Waals surface area contributed by atoms with Gasteiger partial charge in [-0.25, -0.2) is 0 Å². The quantitative estimate of drug-likeness (QED) is 0.645. The van der Waals surface area contributed by atoms with Gasteiger partial charge in [0.1, 0.15) is 17.4 Å². The summed E-state index contributed by atoms with van der Waals surface area (Å²) in [7, 11) is 1.32. The number of carbonyl (C=O) groups excluding carboxylic acids is 1. The maximum atomic E-state index is 13.0. The summed E-state index contributed by atoms with van der Waals surface area (Å²) < 4.78 is 6.58. The third-order valence-corrected chi connectivity index (χ3v) is 4.04. The van der Waals surface area contributed by atoms with Crippen LogP contribution in [-0.2, 0) is 7.05 Å². The molecule has 0 aliphatic rings. The number of ether oxygens (including phenoxy) is 1. The normalized spacial score (nSPS) is 10.3. The van der Waals surface area contributed by atoms with Crippen LogP contribution in [-0.4, -0.2) is 22.1 Å². The minimum atomic E-state index is -0.637. The molecule has 1 heterocycles. The molecule has 130 valence electrons. The van der Waals surface area contributed by atoms with Crippen LogP contribution in [0.3, 0.4) is 0 Å². The Hall–Kier alpha value is -3.07. The van der Waals surface area contributed by atoms with Crippen molar-refractivity contribution in [2.45, 2.75) is 26.7 Å². The number of hydrogen-bond donors (Lipinski definition) is 1. The van der Waals surface area contributed by atoms with Gasteiger partial charge in [0.25, 0.3) is 5.56 Å². The number of rotatable bonds is 6. The van der Waals surface area contributed by atoms with Crippen LogP contribution in [0.4, 0.5) is 0 Å². The highest BCUT2D eigenvalue weighted by atomic mass is 16.5. The zero-order valence-electron chi connectivity index (χ0n) is 14.5. The lowest BCUT2D eigenvalue weighted by Crippen LogP contribution is -2.24. The molecule has 0 aliphatic heterocycles. The predicted molar refractivity (Wildman–Crippen MR) is 93.1 cm³/mol. The molecule has 0 fully saturated rings. The summed E-state index contributed by atoms with van der Waals surface area (Å²) >= 11 is 0. The Bertz CT molecular complexity index is 907. The predicted octanol–water partition coefficient (Wildman–Crippen LogP) is 2.68. The first-order valence-corrected chi connectivity index (χ1v) is 8.03. The van der Waals surface area contributed by atoms with Crippen LogP contribution in [0.5, 0.6) is 11.6 Å². The average Bonchev–Trinajstić information content (AvgIpc) is 2.61. The minimum Gasteiger partial charge on any atom is -0.494 e. The van der Waals surface area contributed by atoms with E-state index in [9.17, 15) is 20.0 Å². The largest absolute Gasteiger partial charge is 0.494 e. The van der Waals surface area contributed by atoms with Gasteiger partial charge in [-0.1, -0.05) is 25.5 Å². The van der Waals surface area contributed by atoms with E-state index in [1.807, 2.05) is 6.92 Å². The third-order valence-electron chi connectivity index (χ3n) is 4.04. The van der Waals surface area contributed by atoms with Crippen molar-refractivity contribution < 1.29 is 14.6 Å². The molecule has 0 spiro atoms. The number of ketones is 1. The van der Waals surface area contributed by atoms with Crippen molar-refractivity contribution in [2.75, 3.05) is 6.61 Å². The molecule has 25 heavy (non-hydrogen) atoms. The van der Waals surface area contributed by atoms with Gasteiger partial charge in [-0.15, -0.1) is 0 Å². The van der Waals surface area contributed by atoms with Gasteiger partial charge in [0.15, 0.2) is 0 Å². The van der Waals surface area contributed by atoms with Gasteiger partial charge < -0.3 is 9.84 Å². The Labute approximate surface area is 145 Å². The Morgan fingerprint density at radius 1 is 1.36 bits per heavy atom. The number of hydrogen-bond acceptors (Lipinski definition) is 5. The molecule has 0 bridgehead atoms. The summed E-state index contributed by atoms with van der Waals surface area (Å²) in [4.78, 5) is 25.0. The highest BCUT2D eigenvalue weighted by Gasteiger charge is 2.25. The summed E-state index contributed by atoms with van der Waals surface area (Å²) in [5, 5.41) is 19.5. The molecule has 1 aromatic heterocycles. The van der Waals surface area contributed by atoms with E-state index < -0.39 is 17.2 Å². The molecule has 6 nitrogen and oxygen atoms in total. The second-order valence-electron chi connectivity index (χ2n) is 5.70. The number of benzene rings is 1. The molecule has 0 saturated carbocycles. The zero-order chi connectivity index (χ0) is 18.6. The number of aromatic hydroxyl groups is 1. The number of unbranched alkanes of at least 4 members (excludes halogenated alkanes) is 1. The lowest BCUT2D eigenvalue weighted by molar-refractivity contribution is 0.103. The third kappa shape index (κ3) is 3.41. The van der Waals surface area contributed by atoms with Crippen molar-refractivity contribution in [2.24, 2.45) is 7.05 Å². The number of aromatic nitrogens is 1. The molecular weight excluding hydrogens is 320 g/mol. The number of pyridine rings is 1. The molecule has 1 N–H and O–H groups in total. The average molecular weight is 340 g/mol. The van der Waals surface area contributed by atoms with Gasteiger partial charge in [-0.05, 0) is 31.0 Å². The van der Waals surface area contributed by atoms with Crippen LogP contribution in [0, 0.1) is 18.3 Å². The first-order chi connectivity index (χ1) is 11.9. The van der Waals surface area contributed by atoms with Crippen LogP contribution >= 0.6 is 0 Å². The zero-order valence-corrected chi connectivity index (χ0v) is 14.5. The summed E-state index contributed by atoms with van der Waals surface area (Å²) in [6.45, 7) is 3.99. The van der Waals surface area contributed by atoms with Crippen molar-refractivity contribution in [3.05, 3.63) is 56.9 Å². The molecule has 0 saturated heterocycles. The van der Waals surface area contributed by atoms with Gasteiger partial charge in [0.05, 0.1) is 17.7 Å². The SMILES string of the molecule is CCCCOc1ccccc1C(=O)c1c(C)c(C#N)c(=O)n(C)c1O. The first kappa shape index (κ1) is 18.3. The van der Waals surface area contributed by atoms with Gasteiger partial charge in [0, 0.05) is 7.05 Å². The van der Waals surface area contributed by atoms with Gasteiger partial charge in [-0.2, -0.15) is 5.26 Å². The van der Waals surface area contributed by atoms with E-state index in [2.05, 4.69) is 0 Å².